The molecule has 0 bridgehead atoms. The summed E-state index contributed by atoms with van der Waals surface area (Å²) in [6.07, 6.45) is 9.13. The third kappa shape index (κ3) is 4.90. The molecule has 146 valence electrons. The normalized spacial score (nSPS) is 14.9. The Morgan fingerprint density at radius 2 is 1.59 bits per heavy atom. The fraction of sp³-hybridized carbons (Fsp3) is 0.526. The first kappa shape index (κ1) is 19.0. The number of anilines is 3. The van der Waals surface area contributed by atoms with Gasteiger partial charge in [0.25, 0.3) is 0 Å². The number of nitrogens with zero attached hydrogens (tertiary/aromatic N) is 3. The van der Waals surface area contributed by atoms with Gasteiger partial charge >= 0.3 is 0 Å². The zero-order chi connectivity index (χ0) is 19.1. The number of aromatic nitrogens is 3. The lowest BCUT2D eigenvalue weighted by molar-refractivity contribution is 0.324. The lowest BCUT2D eigenvalue weighted by Gasteiger charge is -2.17. The number of ether oxygens (including phenoxy) is 3. The SMILES string of the molecule is COc1cc(Nc2nncc(NC3CCCCCC3)n2)cc(OC)c1OC. The molecule has 0 radical (unpaired) electrons. The zero-order valence-electron chi connectivity index (χ0n) is 16.1. The van der Waals surface area contributed by atoms with Gasteiger partial charge in [-0.1, -0.05) is 25.7 Å². The lowest BCUT2D eigenvalue weighted by atomic mass is 10.1. The van der Waals surface area contributed by atoms with Crippen molar-refractivity contribution < 1.29 is 14.2 Å². The van der Waals surface area contributed by atoms with Crippen molar-refractivity contribution in [3.63, 3.8) is 0 Å². The topological polar surface area (TPSA) is 90.4 Å². The summed E-state index contributed by atoms with van der Waals surface area (Å²) in [6, 6.07) is 4.05. The van der Waals surface area contributed by atoms with Gasteiger partial charge in [-0.25, -0.2) is 0 Å². The molecule has 0 unspecified atom stereocenters. The first-order chi connectivity index (χ1) is 13.2. The Labute approximate surface area is 159 Å². The van der Waals surface area contributed by atoms with E-state index in [1.54, 1.807) is 39.7 Å². The van der Waals surface area contributed by atoms with Gasteiger partial charge in [-0.3, -0.25) is 0 Å². The van der Waals surface area contributed by atoms with Crippen LogP contribution in [0.1, 0.15) is 38.5 Å². The van der Waals surface area contributed by atoms with E-state index in [4.69, 9.17) is 14.2 Å². The molecule has 8 nitrogen and oxygen atoms in total. The van der Waals surface area contributed by atoms with Gasteiger partial charge in [0.15, 0.2) is 17.3 Å². The van der Waals surface area contributed by atoms with Crippen LogP contribution in [-0.4, -0.2) is 42.6 Å². The number of rotatable bonds is 7. The van der Waals surface area contributed by atoms with Crippen molar-refractivity contribution in [1.29, 1.82) is 0 Å². The number of benzene rings is 1. The van der Waals surface area contributed by atoms with Gasteiger partial charge in [0.05, 0.1) is 27.5 Å². The van der Waals surface area contributed by atoms with Crippen molar-refractivity contribution in [2.45, 2.75) is 44.6 Å². The van der Waals surface area contributed by atoms with Crippen LogP contribution in [0.3, 0.4) is 0 Å². The molecule has 0 atom stereocenters. The van der Waals surface area contributed by atoms with Crippen molar-refractivity contribution in [1.82, 2.24) is 15.2 Å². The Hall–Kier alpha value is -2.77. The maximum atomic E-state index is 5.38. The number of hydrogen-bond acceptors (Lipinski definition) is 8. The van der Waals surface area contributed by atoms with Gasteiger partial charge < -0.3 is 24.8 Å². The van der Waals surface area contributed by atoms with Crippen molar-refractivity contribution in [2.75, 3.05) is 32.0 Å². The van der Waals surface area contributed by atoms with E-state index in [0.29, 0.717) is 29.2 Å². The van der Waals surface area contributed by atoms with Crippen molar-refractivity contribution in [2.24, 2.45) is 0 Å². The summed E-state index contributed by atoms with van der Waals surface area (Å²) < 4.78 is 16.1. The first-order valence-electron chi connectivity index (χ1n) is 9.26. The molecule has 1 aliphatic carbocycles. The molecule has 0 spiro atoms. The Balaban J connectivity index is 1.75. The van der Waals surface area contributed by atoms with Crippen LogP contribution in [0.15, 0.2) is 18.3 Å². The number of nitrogens with one attached hydrogen (secondary N) is 2. The smallest absolute Gasteiger partial charge is 0.249 e. The third-order valence-corrected chi connectivity index (χ3v) is 4.69. The summed E-state index contributed by atoms with van der Waals surface area (Å²) >= 11 is 0. The van der Waals surface area contributed by atoms with Crippen LogP contribution in [0.2, 0.25) is 0 Å². The van der Waals surface area contributed by atoms with E-state index in [9.17, 15) is 0 Å². The predicted molar refractivity (Wildman–Crippen MR) is 104 cm³/mol. The maximum absolute atomic E-state index is 5.38. The fourth-order valence-corrected chi connectivity index (χ4v) is 3.34. The van der Waals surface area contributed by atoms with Gasteiger partial charge in [0.2, 0.25) is 11.7 Å². The van der Waals surface area contributed by atoms with Crippen molar-refractivity contribution in [3.8, 4) is 17.2 Å². The summed E-state index contributed by atoms with van der Waals surface area (Å²) in [5.41, 5.74) is 0.720. The van der Waals surface area contributed by atoms with E-state index in [0.717, 1.165) is 11.5 Å². The molecule has 1 aromatic carbocycles. The Kier molecular flexibility index (Phi) is 6.51. The average Bonchev–Trinajstić information content (AvgIpc) is 2.96. The van der Waals surface area contributed by atoms with Crippen LogP contribution in [-0.2, 0) is 0 Å². The van der Waals surface area contributed by atoms with Crippen LogP contribution < -0.4 is 24.8 Å². The van der Waals surface area contributed by atoms with E-state index < -0.39 is 0 Å². The monoisotopic (exact) mass is 373 g/mol. The van der Waals surface area contributed by atoms with E-state index in [2.05, 4.69) is 25.8 Å². The molecule has 2 aromatic rings. The summed E-state index contributed by atoms with van der Waals surface area (Å²) in [4.78, 5) is 4.54. The Morgan fingerprint density at radius 1 is 0.926 bits per heavy atom. The molecule has 0 saturated heterocycles. The zero-order valence-corrected chi connectivity index (χ0v) is 16.1. The summed E-state index contributed by atoms with van der Waals surface area (Å²) in [7, 11) is 4.73. The Morgan fingerprint density at radius 3 is 2.19 bits per heavy atom. The summed E-state index contributed by atoms with van der Waals surface area (Å²) in [5, 5.41) is 14.8. The van der Waals surface area contributed by atoms with Gasteiger partial charge in [0, 0.05) is 23.9 Å². The minimum atomic E-state index is 0.405. The van der Waals surface area contributed by atoms with Crippen LogP contribution in [0.4, 0.5) is 17.5 Å². The highest BCUT2D eigenvalue weighted by Crippen LogP contribution is 2.40. The highest BCUT2D eigenvalue weighted by molar-refractivity contribution is 5.65. The van der Waals surface area contributed by atoms with Crippen LogP contribution in [0, 0.1) is 0 Å². The molecule has 2 N–H and O–H groups in total. The van der Waals surface area contributed by atoms with Crippen LogP contribution in [0.25, 0.3) is 0 Å². The van der Waals surface area contributed by atoms with Crippen LogP contribution in [0.5, 0.6) is 17.2 Å². The van der Waals surface area contributed by atoms with Gasteiger partial charge in [0.1, 0.15) is 0 Å². The van der Waals surface area contributed by atoms with E-state index in [1.165, 1.54) is 38.5 Å². The molecule has 1 heterocycles. The van der Waals surface area contributed by atoms with E-state index in [1.807, 2.05) is 0 Å². The summed E-state index contributed by atoms with van der Waals surface area (Å²) in [6.45, 7) is 0. The highest BCUT2D eigenvalue weighted by atomic mass is 16.5. The first-order valence-corrected chi connectivity index (χ1v) is 9.26. The molecule has 1 aliphatic rings. The quantitative estimate of drug-likeness (QED) is 0.709. The van der Waals surface area contributed by atoms with Crippen molar-refractivity contribution >= 4 is 17.5 Å². The van der Waals surface area contributed by atoms with Crippen molar-refractivity contribution in [3.05, 3.63) is 18.3 Å². The molecule has 8 heteroatoms. The van der Waals surface area contributed by atoms with Gasteiger partial charge in [-0.2, -0.15) is 10.1 Å². The number of hydrogen-bond donors (Lipinski definition) is 2. The molecular weight excluding hydrogens is 346 g/mol. The standard InChI is InChI=1S/C19H27N5O3/c1-25-15-10-14(11-16(26-2)18(15)27-3)22-19-23-17(12-20-24-19)21-13-8-6-4-5-7-9-13/h10-13H,4-9H2,1-3H3,(H2,21,22,23,24). The van der Waals surface area contributed by atoms with E-state index in [-0.39, 0.29) is 0 Å². The second kappa shape index (κ2) is 9.25. The van der Waals surface area contributed by atoms with Crippen LogP contribution >= 0.6 is 0 Å². The second-order valence-electron chi connectivity index (χ2n) is 6.54. The number of methoxy groups -OCH3 is 3. The average molecular weight is 373 g/mol. The molecule has 1 aromatic heterocycles. The van der Waals surface area contributed by atoms with Gasteiger partial charge in [-0.05, 0) is 12.8 Å². The minimum absolute atomic E-state index is 0.405. The third-order valence-electron chi connectivity index (χ3n) is 4.69. The molecule has 27 heavy (non-hydrogen) atoms. The Bertz CT molecular complexity index is 723. The van der Waals surface area contributed by atoms with Gasteiger partial charge in [-0.15, -0.1) is 5.10 Å². The predicted octanol–water partition coefficient (Wildman–Crippen LogP) is 3.78. The molecule has 1 fully saturated rings. The molecule has 0 aliphatic heterocycles. The molecule has 3 rings (SSSR count). The largest absolute Gasteiger partial charge is 0.493 e. The minimum Gasteiger partial charge on any atom is -0.493 e. The van der Waals surface area contributed by atoms with E-state index >= 15 is 0 Å². The second-order valence-corrected chi connectivity index (χ2v) is 6.54. The molecule has 1 saturated carbocycles. The molecule has 0 amide bonds. The highest BCUT2D eigenvalue weighted by Gasteiger charge is 2.15. The lowest BCUT2D eigenvalue weighted by Crippen LogP contribution is -2.19. The molecular formula is C19H27N5O3. The maximum Gasteiger partial charge on any atom is 0.249 e. The fourth-order valence-electron chi connectivity index (χ4n) is 3.34. The summed E-state index contributed by atoms with van der Waals surface area (Å²) in [5.74, 6) is 2.78.